The van der Waals surface area contributed by atoms with Gasteiger partial charge < -0.3 is 25.4 Å². The van der Waals surface area contributed by atoms with Gasteiger partial charge in [-0.15, -0.1) is 0 Å². The third-order valence-corrected chi connectivity index (χ3v) is 5.02. The van der Waals surface area contributed by atoms with Gasteiger partial charge in [0.2, 0.25) is 0 Å². The van der Waals surface area contributed by atoms with Crippen LogP contribution in [0.2, 0.25) is 0 Å². The fourth-order valence-electron chi connectivity index (χ4n) is 3.53. The lowest BCUT2D eigenvalue weighted by atomic mass is 9.85. The molecule has 0 unspecified atom stereocenters. The van der Waals surface area contributed by atoms with Gasteiger partial charge in [-0.05, 0) is 39.5 Å². The number of amides is 1. The number of hydrogen-bond donors (Lipinski definition) is 3. The number of guanidine groups is 1. The van der Waals surface area contributed by atoms with Crippen molar-refractivity contribution in [1.82, 2.24) is 15.5 Å². The molecule has 0 aromatic carbocycles. The van der Waals surface area contributed by atoms with Crippen molar-refractivity contribution in [3.63, 3.8) is 0 Å². The number of aliphatic imine (C=N–C) groups is 1. The standard InChI is InChI=1S/C18H34N4O3/c1-3-19-16(20-14-18(24)10-6-5-7-11-18)21-15-8-12-22(13-9-15)17(23)25-4-2/h15,24H,3-14H2,1-2H3,(H2,19,20,21). The van der Waals surface area contributed by atoms with Gasteiger partial charge in [-0.25, -0.2) is 4.79 Å². The molecule has 0 spiro atoms. The number of piperidine rings is 1. The highest BCUT2D eigenvalue weighted by molar-refractivity contribution is 5.80. The first kappa shape index (κ1) is 19.8. The molecule has 1 aliphatic heterocycles. The summed E-state index contributed by atoms with van der Waals surface area (Å²) in [6, 6.07) is 0.282. The summed E-state index contributed by atoms with van der Waals surface area (Å²) < 4.78 is 5.06. The molecule has 2 aliphatic rings. The van der Waals surface area contributed by atoms with E-state index in [4.69, 9.17) is 4.74 Å². The first-order chi connectivity index (χ1) is 12.1. The van der Waals surface area contributed by atoms with Gasteiger partial charge in [-0.2, -0.15) is 0 Å². The largest absolute Gasteiger partial charge is 0.450 e. The van der Waals surface area contributed by atoms with E-state index in [0.29, 0.717) is 26.2 Å². The van der Waals surface area contributed by atoms with E-state index < -0.39 is 5.60 Å². The van der Waals surface area contributed by atoms with Crippen LogP contribution in [0.4, 0.5) is 4.79 Å². The average Bonchev–Trinajstić information content (AvgIpc) is 2.61. The van der Waals surface area contributed by atoms with Gasteiger partial charge in [-0.3, -0.25) is 4.99 Å². The highest BCUT2D eigenvalue weighted by atomic mass is 16.6. The molecule has 1 saturated carbocycles. The molecule has 0 bridgehead atoms. The zero-order valence-corrected chi connectivity index (χ0v) is 15.7. The number of ether oxygens (including phenoxy) is 1. The molecular formula is C18H34N4O3. The lowest BCUT2D eigenvalue weighted by Gasteiger charge is -2.33. The Morgan fingerprint density at radius 2 is 1.92 bits per heavy atom. The van der Waals surface area contributed by atoms with Crippen LogP contribution in [0.3, 0.4) is 0 Å². The minimum atomic E-state index is -0.645. The first-order valence-corrected chi connectivity index (χ1v) is 9.75. The second-order valence-electron chi connectivity index (χ2n) is 7.08. The first-order valence-electron chi connectivity index (χ1n) is 9.75. The SMILES string of the molecule is CCNC(=NCC1(O)CCCCC1)NC1CCN(C(=O)OCC)CC1. The van der Waals surface area contributed by atoms with Gasteiger partial charge in [0.05, 0.1) is 18.8 Å². The number of rotatable bonds is 5. The Morgan fingerprint density at radius 1 is 1.24 bits per heavy atom. The predicted octanol–water partition coefficient (Wildman–Crippen LogP) is 1.86. The highest BCUT2D eigenvalue weighted by Crippen LogP contribution is 2.28. The number of carbonyl (C=O) groups excluding carboxylic acids is 1. The van der Waals surface area contributed by atoms with Crippen molar-refractivity contribution in [3.8, 4) is 0 Å². The van der Waals surface area contributed by atoms with Crippen molar-refractivity contribution >= 4 is 12.1 Å². The molecule has 7 nitrogen and oxygen atoms in total. The Kier molecular flexibility index (Phi) is 7.81. The van der Waals surface area contributed by atoms with E-state index in [1.165, 1.54) is 6.42 Å². The summed E-state index contributed by atoms with van der Waals surface area (Å²) in [5.74, 6) is 0.760. The Balaban J connectivity index is 1.83. The smallest absolute Gasteiger partial charge is 0.409 e. The number of carbonyl (C=O) groups is 1. The molecule has 2 fully saturated rings. The third-order valence-electron chi connectivity index (χ3n) is 5.02. The number of aliphatic hydroxyl groups is 1. The molecule has 3 N–H and O–H groups in total. The van der Waals surface area contributed by atoms with Crippen molar-refractivity contribution in [2.45, 2.75) is 70.4 Å². The van der Waals surface area contributed by atoms with Gasteiger partial charge in [0.1, 0.15) is 0 Å². The maximum atomic E-state index is 11.8. The predicted molar refractivity (Wildman–Crippen MR) is 98.8 cm³/mol. The van der Waals surface area contributed by atoms with Crippen LogP contribution in [0.15, 0.2) is 4.99 Å². The van der Waals surface area contributed by atoms with E-state index in [-0.39, 0.29) is 12.1 Å². The Bertz CT molecular complexity index is 442. The molecular weight excluding hydrogens is 320 g/mol. The summed E-state index contributed by atoms with van der Waals surface area (Å²) in [4.78, 5) is 18.1. The summed E-state index contributed by atoms with van der Waals surface area (Å²) in [6.45, 7) is 6.90. The fraction of sp³-hybridized carbons (Fsp3) is 0.889. The van der Waals surface area contributed by atoms with E-state index in [0.717, 1.165) is 51.0 Å². The summed E-state index contributed by atoms with van der Waals surface area (Å²) in [5.41, 5.74) is -0.645. The second kappa shape index (κ2) is 9.85. The Hall–Kier alpha value is -1.50. The second-order valence-corrected chi connectivity index (χ2v) is 7.08. The molecule has 25 heavy (non-hydrogen) atoms. The van der Waals surface area contributed by atoms with Crippen LogP contribution in [0.1, 0.15) is 58.8 Å². The van der Waals surface area contributed by atoms with Crippen LogP contribution < -0.4 is 10.6 Å². The fourth-order valence-corrected chi connectivity index (χ4v) is 3.53. The van der Waals surface area contributed by atoms with Crippen LogP contribution in [-0.2, 0) is 4.74 Å². The van der Waals surface area contributed by atoms with E-state index in [9.17, 15) is 9.90 Å². The molecule has 144 valence electrons. The molecule has 1 aliphatic carbocycles. The quantitative estimate of drug-likeness (QED) is 0.518. The maximum Gasteiger partial charge on any atom is 0.409 e. The van der Waals surface area contributed by atoms with Crippen molar-refractivity contribution in [2.24, 2.45) is 4.99 Å². The van der Waals surface area contributed by atoms with Crippen LogP contribution in [-0.4, -0.2) is 66.5 Å². The molecule has 0 atom stereocenters. The van der Waals surface area contributed by atoms with Crippen molar-refractivity contribution in [3.05, 3.63) is 0 Å². The van der Waals surface area contributed by atoms with Crippen molar-refractivity contribution < 1.29 is 14.6 Å². The molecule has 1 heterocycles. The zero-order valence-electron chi connectivity index (χ0n) is 15.7. The monoisotopic (exact) mass is 354 g/mol. The normalized spacial score (nSPS) is 21.7. The summed E-state index contributed by atoms with van der Waals surface area (Å²) in [7, 11) is 0. The van der Waals surface area contributed by atoms with Crippen molar-refractivity contribution in [1.29, 1.82) is 0 Å². The van der Waals surface area contributed by atoms with Crippen LogP contribution >= 0.6 is 0 Å². The van der Waals surface area contributed by atoms with Gasteiger partial charge in [0.25, 0.3) is 0 Å². The average molecular weight is 354 g/mol. The summed E-state index contributed by atoms with van der Waals surface area (Å²) in [6.07, 6.45) is 6.58. The van der Waals surface area contributed by atoms with E-state index in [2.05, 4.69) is 15.6 Å². The topological polar surface area (TPSA) is 86.2 Å². The highest BCUT2D eigenvalue weighted by Gasteiger charge is 2.29. The maximum absolute atomic E-state index is 11.8. The van der Waals surface area contributed by atoms with Gasteiger partial charge in [0.15, 0.2) is 5.96 Å². The molecule has 1 saturated heterocycles. The van der Waals surface area contributed by atoms with E-state index in [1.54, 1.807) is 4.90 Å². The molecule has 7 heteroatoms. The number of likely N-dealkylation sites (tertiary alicyclic amines) is 1. The Labute approximate surface area is 151 Å². The van der Waals surface area contributed by atoms with Gasteiger partial charge >= 0.3 is 6.09 Å². The van der Waals surface area contributed by atoms with Crippen LogP contribution in [0.25, 0.3) is 0 Å². The lowest BCUT2D eigenvalue weighted by Crippen LogP contribution is -2.50. The molecule has 0 aromatic heterocycles. The number of hydrogen-bond acceptors (Lipinski definition) is 4. The van der Waals surface area contributed by atoms with Crippen LogP contribution in [0, 0.1) is 0 Å². The lowest BCUT2D eigenvalue weighted by molar-refractivity contribution is 0.0131. The van der Waals surface area contributed by atoms with Crippen molar-refractivity contribution in [2.75, 3.05) is 32.8 Å². The third kappa shape index (κ3) is 6.38. The van der Waals surface area contributed by atoms with Gasteiger partial charge in [-0.1, -0.05) is 19.3 Å². The minimum absolute atomic E-state index is 0.221. The molecule has 1 amide bonds. The van der Waals surface area contributed by atoms with Crippen LogP contribution in [0.5, 0.6) is 0 Å². The van der Waals surface area contributed by atoms with E-state index in [1.807, 2.05) is 13.8 Å². The van der Waals surface area contributed by atoms with Gasteiger partial charge in [0, 0.05) is 25.7 Å². The van der Waals surface area contributed by atoms with E-state index >= 15 is 0 Å². The zero-order chi connectivity index (χ0) is 18.1. The molecule has 2 rings (SSSR count). The summed E-state index contributed by atoms with van der Waals surface area (Å²) in [5, 5.41) is 17.3. The Morgan fingerprint density at radius 3 is 2.52 bits per heavy atom. The number of nitrogens with one attached hydrogen (secondary N) is 2. The molecule has 0 aromatic rings. The number of nitrogens with zero attached hydrogens (tertiary/aromatic N) is 2. The summed E-state index contributed by atoms with van der Waals surface area (Å²) >= 11 is 0. The minimum Gasteiger partial charge on any atom is -0.450 e. The molecule has 0 radical (unpaired) electrons.